The molecule has 0 N–H and O–H groups in total. The van der Waals surface area contributed by atoms with E-state index < -0.39 is 5.82 Å². The van der Waals surface area contributed by atoms with Gasteiger partial charge in [0.15, 0.2) is 11.6 Å². The molecule has 0 bridgehead atoms. The smallest absolute Gasteiger partial charge is 0.309 e. The first-order valence-corrected chi connectivity index (χ1v) is 5.08. The summed E-state index contributed by atoms with van der Waals surface area (Å²) in [6, 6.07) is 4.79. The molecule has 1 saturated carbocycles. The van der Waals surface area contributed by atoms with E-state index in [4.69, 9.17) is 4.74 Å². The third kappa shape index (κ3) is 1.87. The van der Waals surface area contributed by atoms with Crippen molar-refractivity contribution >= 4 is 5.97 Å². The van der Waals surface area contributed by atoms with Gasteiger partial charge in [-0.05, 0) is 30.0 Å². The van der Waals surface area contributed by atoms with Gasteiger partial charge >= 0.3 is 5.97 Å². The zero-order valence-corrected chi connectivity index (χ0v) is 9.20. The van der Waals surface area contributed by atoms with Crippen LogP contribution in [-0.2, 0) is 9.53 Å². The molecule has 0 unspecified atom stereocenters. The molecule has 0 saturated heterocycles. The number of carbonyl (C=O) groups excluding carboxylic acids is 1. The molecule has 2 atom stereocenters. The molecular weight excluding hydrogens is 211 g/mol. The van der Waals surface area contributed by atoms with E-state index >= 15 is 0 Å². The van der Waals surface area contributed by atoms with Crippen molar-refractivity contribution in [2.75, 3.05) is 14.2 Å². The van der Waals surface area contributed by atoms with Gasteiger partial charge in [-0.1, -0.05) is 6.07 Å². The van der Waals surface area contributed by atoms with E-state index in [2.05, 4.69) is 4.74 Å². The molecular formula is C12H13FO3. The maximum Gasteiger partial charge on any atom is 0.309 e. The Morgan fingerprint density at radius 3 is 2.75 bits per heavy atom. The van der Waals surface area contributed by atoms with Crippen LogP contribution in [0.15, 0.2) is 18.2 Å². The third-order valence-corrected chi connectivity index (χ3v) is 2.90. The van der Waals surface area contributed by atoms with Crippen LogP contribution in [0.25, 0.3) is 0 Å². The Hall–Kier alpha value is -1.58. The standard InChI is InChI=1S/C12H13FO3/c1-15-11-4-3-7(5-10(11)13)8-6-9(8)12(14)16-2/h3-5,8-9H,6H2,1-2H3/t8-,9+/m1/s1. The first kappa shape index (κ1) is 10.9. The molecule has 4 heteroatoms. The largest absolute Gasteiger partial charge is 0.494 e. The maximum absolute atomic E-state index is 13.4. The number of halogens is 1. The van der Waals surface area contributed by atoms with E-state index in [1.54, 1.807) is 12.1 Å². The van der Waals surface area contributed by atoms with Gasteiger partial charge in [-0.2, -0.15) is 0 Å². The summed E-state index contributed by atoms with van der Waals surface area (Å²) < 4.78 is 22.9. The second kappa shape index (κ2) is 4.12. The highest BCUT2D eigenvalue weighted by atomic mass is 19.1. The minimum absolute atomic E-state index is 0.0906. The van der Waals surface area contributed by atoms with Crippen LogP contribution >= 0.6 is 0 Å². The molecule has 0 amide bonds. The maximum atomic E-state index is 13.4. The zero-order chi connectivity index (χ0) is 11.7. The molecule has 0 heterocycles. The molecule has 1 fully saturated rings. The summed E-state index contributed by atoms with van der Waals surface area (Å²) in [6.07, 6.45) is 0.735. The van der Waals surface area contributed by atoms with Crippen LogP contribution in [0.5, 0.6) is 5.75 Å². The number of benzene rings is 1. The molecule has 86 valence electrons. The van der Waals surface area contributed by atoms with E-state index in [0.29, 0.717) is 0 Å². The van der Waals surface area contributed by atoms with Gasteiger partial charge in [0.25, 0.3) is 0 Å². The Labute approximate surface area is 93.2 Å². The van der Waals surface area contributed by atoms with E-state index in [-0.39, 0.29) is 23.6 Å². The number of carbonyl (C=O) groups is 1. The minimum atomic E-state index is -0.393. The van der Waals surface area contributed by atoms with Crippen LogP contribution in [0.2, 0.25) is 0 Å². The summed E-state index contributed by atoms with van der Waals surface area (Å²) in [4.78, 5) is 11.2. The van der Waals surface area contributed by atoms with Crippen molar-refractivity contribution in [2.45, 2.75) is 12.3 Å². The van der Waals surface area contributed by atoms with Crippen molar-refractivity contribution < 1.29 is 18.7 Å². The predicted molar refractivity (Wildman–Crippen MR) is 55.8 cm³/mol. The number of methoxy groups -OCH3 is 2. The van der Waals surface area contributed by atoms with Gasteiger partial charge in [-0.25, -0.2) is 4.39 Å². The molecule has 1 aromatic rings. The summed E-state index contributed by atoms with van der Waals surface area (Å²) in [5.41, 5.74) is 0.828. The molecule has 1 aromatic carbocycles. The first-order chi connectivity index (χ1) is 7.67. The summed E-state index contributed by atoms with van der Waals surface area (Å²) in [5.74, 6) is -0.415. The second-order valence-electron chi connectivity index (χ2n) is 3.87. The van der Waals surface area contributed by atoms with Gasteiger partial charge in [-0.15, -0.1) is 0 Å². The molecule has 2 rings (SSSR count). The quantitative estimate of drug-likeness (QED) is 0.738. The van der Waals surface area contributed by atoms with E-state index in [0.717, 1.165) is 12.0 Å². The van der Waals surface area contributed by atoms with Crippen LogP contribution in [-0.4, -0.2) is 20.2 Å². The molecule has 1 aliphatic rings. The fraction of sp³-hybridized carbons (Fsp3) is 0.417. The van der Waals surface area contributed by atoms with Crippen LogP contribution < -0.4 is 4.74 Å². The highest BCUT2D eigenvalue weighted by Crippen LogP contribution is 2.48. The first-order valence-electron chi connectivity index (χ1n) is 5.08. The van der Waals surface area contributed by atoms with Gasteiger partial charge < -0.3 is 9.47 Å². The molecule has 0 aliphatic heterocycles. The molecule has 0 spiro atoms. The van der Waals surface area contributed by atoms with Gasteiger partial charge in [0.05, 0.1) is 20.1 Å². The van der Waals surface area contributed by atoms with E-state index in [1.165, 1.54) is 20.3 Å². The van der Waals surface area contributed by atoms with Crippen LogP contribution in [0.3, 0.4) is 0 Å². The summed E-state index contributed by atoms with van der Waals surface area (Å²) >= 11 is 0. The van der Waals surface area contributed by atoms with Crippen LogP contribution in [0.1, 0.15) is 17.9 Å². The molecule has 16 heavy (non-hydrogen) atoms. The Kier molecular flexibility index (Phi) is 2.81. The highest BCUT2D eigenvalue weighted by Gasteiger charge is 2.45. The highest BCUT2D eigenvalue weighted by molar-refractivity contribution is 5.77. The van der Waals surface area contributed by atoms with Crippen molar-refractivity contribution in [2.24, 2.45) is 5.92 Å². The Morgan fingerprint density at radius 1 is 1.44 bits per heavy atom. The average molecular weight is 224 g/mol. The van der Waals surface area contributed by atoms with Gasteiger partial charge in [0.2, 0.25) is 0 Å². The van der Waals surface area contributed by atoms with Gasteiger partial charge in [0, 0.05) is 0 Å². The topological polar surface area (TPSA) is 35.5 Å². The summed E-state index contributed by atoms with van der Waals surface area (Å²) in [6.45, 7) is 0. The number of esters is 1. The lowest BCUT2D eigenvalue weighted by Crippen LogP contribution is -2.04. The van der Waals surface area contributed by atoms with Crippen LogP contribution in [0, 0.1) is 11.7 Å². The Balaban J connectivity index is 2.13. The lowest BCUT2D eigenvalue weighted by molar-refractivity contribution is -0.142. The number of hydrogen-bond acceptors (Lipinski definition) is 3. The SMILES string of the molecule is COC(=O)[C@H]1C[C@@H]1c1ccc(OC)c(F)c1. The zero-order valence-electron chi connectivity index (χ0n) is 9.20. The van der Waals surface area contributed by atoms with E-state index in [1.807, 2.05) is 0 Å². The fourth-order valence-corrected chi connectivity index (χ4v) is 1.89. The molecule has 0 aromatic heterocycles. The van der Waals surface area contributed by atoms with Gasteiger partial charge in [0.1, 0.15) is 0 Å². The lowest BCUT2D eigenvalue weighted by atomic mass is 10.1. The van der Waals surface area contributed by atoms with Crippen molar-refractivity contribution in [3.63, 3.8) is 0 Å². The minimum Gasteiger partial charge on any atom is -0.494 e. The van der Waals surface area contributed by atoms with Crippen molar-refractivity contribution in [1.29, 1.82) is 0 Å². The Bertz CT molecular complexity index is 417. The number of rotatable bonds is 3. The number of ether oxygens (including phenoxy) is 2. The van der Waals surface area contributed by atoms with E-state index in [9.17, 15) is 9.18 Å². The average Bonchev–Trinajstić information content (AvgIpc) is 3.08. The Morgan fingerprint density at radius 2 is 2.19 bits per heavy atom. The summed E-state index contributed by atoms with van der Waals surface area (Å²) in [5, 5.41) is 0. The third-order valence-electron chi connectivity index (χ3n) is 2.90. The molecule has 1 aliphatic carbocycles. The van der Waals surface area contributed by atoms with Crippen molar-refractivity contribution in [3.05, 3.63) is 29.6 Å². The second-order valence-corrected chi connectivity index (χ2v) is 3.87. The number of hydrogen-bond donors (Lipinski definition) is 0. The monoisotopic (exact) mass is 224 g/mol. The summed E-state index contributed by atoms with van der Waals surface area (Å²) in [7, 11) is 2.79. The molecule has 0 radical (unpaired) electrons. The van der Waals surface area contributed by atoms with Gasteiger partial charge in [-0.3, -0.25) is 4.79 Å². The predicted octanol–water partition coefficient (Wildman–Crippen LogP) is 2.11. The van der Waals surface area contributed by atoms with Crippen LogP contribution in [0.4, 0.5) is 4.39 Å². The van der Waals surface area contributed by atoms with Crippen molar-refractivity contribution in [1.82, 2.24) is 0 Å². The lowest BCUT2D eigenvalue weighted by Gasteiger charge is -2.04. The fourth-order valence-electron chi connectivity index (χ4n) is 1.89. The normalized spacial score (nSPS) is 22.7. The molecule has 3 nitrogen and oxygen atoms in total. The van der Waals surface area contributed by atoms with Crippen molar-refractivity contribution in [3.8, 4) is 5.75 Å².